The smallest absolute Gasteiger partial charge is 0.161 e. The third-order valence-electron chi connectivity index (χ3n) is 2.34. The van der Waals surface area contributed by atoms with Crippen molar-refractivity contribution >= 4 is 0 Å². The first kappa shape index (κ1) is 11.9. The van der Waals surface area contributed by atoms with E-state index in [9.17, 15) is 5.11 Å². The Morgan fingerprint density at radius 2 is 1.87 bits per heavy atom. The lowest BCUT2D eigenvalue weighted by atomic mass is 10.2. The average molecular weight is 210 g/mol. The van der Waals surface area contributed by atoms with E-state index < -0.39 is 6.10 Å². The Bertz CT molecular complexity index is 299. The zero-order valence-electron chi connectivity index (χ0n) is 9.43. The van der Waals surface area contributed by atoms with Gasteiger partial charge in [0.05, 0.1) is 13.2 Å². The summed E-state index contributed by atoms with van der Waals surface area (Å²) >= 11 is 0. The third kappa shape index (κ3) is 3.13. The maximum absolute atomic E-state index is 9.59. The number of aliphatic hydroxyl groups is 1. The minimum atomic E-state index is -0.449. The van der Waals surface area contributed by atoms with E-state index in [1.54, 1.807) is 7.11 Å². The van der Waals surface area contributed by atoms with Gasteiger partial charge in [-0.3, -0.25) is 0 Å². The van der Waals surface area contributed by atoms with Crippen molar-refractivity contribution in [2.24, 2.45) is 0 Å². The number of aliphatic hydroxyl groups excluding tert-OH is 1. The zero-order valence-corrected chi connectivity index (χ0v) is 9.43. The molecule has 15 heavy (non-hydrogen) atoms. The minimum absolute atomic E-state index is 0.230. The number of hydrogen-bond acceptors (Lipinski definition) is 3. The van der Waals surface area contributed by atoms with Gasteiger partial charge in [-0.15, -0.1) is 0 Å². The first-order chi connectivity index (χ1) is 7.19. The molecule has 0 heterocycles. The summed E-state index contributed by atoms with van der Waals surface area (Å²) in [4.78, 5) is 0. The summed E-state index contributed by atoms with van der Waals surface area (Å²) in [6.45, 7) is 3.77. The fourth-order valence-corrected chi connectivity index (χ4v) is 1.33. The van der Waals surface area contributed by atoms with Crippen LogP contribution in [0.2, 0.25) is 0 Å². The van der Waals surface area contributed by atoms with Crippen LogP contribution in [-0.4, -0.2) is 24.4 Å². The van der Waals surface area contributed by atoms with Crippen molar-refractivity contribution < 1.29 is 14.6 Å². The zero-order chi connectivity index (χ0) is 11.3. The predicted molar refractivity (Wildman–Crippen MR) is 59.4 cm³/mol. The molecule has 0 aliphatic heterocycles. The van der Waals surface area contributed by atoms with Crippen LogP contribution in [0.4, 0.5) is 0 Å². The normalized spacial score (nSPS) is 14.4. The molecule has 0 saturated carbocycles. The quantitative estimate of drug-likeness (QED) is 0.810. The summed E-state index contributed by atoms with van der Waals surface area (Å²) in [5.74, 6) is 1.35. The Balaban J connectivity index is 2.71. The highest BCUT2D eigenvalue weighted by molar-refractivity contribution is 5.39. The molecule has 1 aromatic rings. The van der Waals surface area contributed by atoms with Crippen molar-refractivity contribution in [1.29, 1.82) is 0 Å². The van der Waals surface area contributed by atoms with E-state index in [0.717, 1.165) is 0 Å². The van der Waals surface area contributed by atoms with E-state index in [4.69, 9.17) is 9.47 Å². The van der Waals surface area contributed by atoms with Crippen LogP contribution in [0.25, 0.3) is 0 Å². The van der Waals surface area contributed by atoms with Gasteiger partial charge in [0.2, 0.25) is 0 Å². The van der Waals surface area contributed by atoms with Gasteiger partial charge >= 0.3 is 0 Å². The second kappa shape index (κ2) is 5.61. The van der Waals surface area contributed by atoms with Crippen molar-refractivity contribution in [2.45, 2.75) is 32.5 Å². The molecular formula is C12H18O3. The van der Waals surface area contributed by atoms with E-state index in [0.29, 0.717) is 17.9 Å². The summed E-state index contributed by atoms with van der Waals surface area (Å²) in [7, 11) is 1.60. The highest BCUT2D eigenvalue weighted by Crippen LogP contribution is 2.27. The van der Waals surface area contributed by atoms with Gasteiger partial charge in [-0.2, -0.15) is 0 Å². The van der Waals surface area contributed by atoms with Crippen LogP contribution >= 0.6 is 0 Å². The molecule has 84 valence electrons. The van der Waals surface area contributed by atoms with Gasteiger partial charge in [0.25, 0.3) is 0 Å². The van der Waals surface area contributed by atoms with Crippen LogP contribution in [0.15, 0.2) is 24.3 Å². The fraction of sp³-hybridized carbons (Fsp3) is 0.500. The van der Waals surface area contributed by atoms with Crippen molar-refractivity contribution in [2.75, 3.05) is 7.11 Å². The molecule has 1 rings (SSSR count). The van der Waals surface area contributed by atoms with E-state index in [-0.39, 0.29) is 6.10 Å². The maximum Gasteiger partial charge on any atom is 0.161 e. The number of benzene rings is 1. The molecule has 1 N–H and O–H groups in total. The Kier molecular flexibility index (Phi) is 4.43. The van der Waals surface area contributed by atoms with Crippen LogP contribution in [0.1, 0.15) is 20.3 Å². The van der Waals surface area contributed by atoms with E-state index in [1.165, 1.54) is 0 Å². The van der Waals surface area contributed by atoms with Crippen LogP contribution in [0.5, 0.6) is 11.5 Å². The van der Waals surface area contributed by atoms with Gasteiger partial charge < -0.3 is 14.6 Å². The van der Waals surface area contributed by atoms with Gasteiger partial charge in [-0.25, -0.2) is 0 Å². The monoisotopic (exact) mass is 210 g/mol. The molecule has 0 spiro atoms. The molecule has 0 bridgehead atoms. The summed E-state index contributed by atoms with van der Waals surface area (Å²) in [6.07, 6.45) is -0.00253. The number of ether oxygens (including phenoxy) is 2. The summed E-state index contributed by atoms with van der Waals surface area (Å²) < 4.78 is 10.8. The first-order valence-corrected chi connectivity index (χ1v) is 5.16. The molecule has 0 radical (unpaired) electrons. The highest BCUT2D eigenvalue weighted by atomic mass is 16.5. The van der Waals surface area contributed by atoms with Crippen molar-refractivity contribution in [1.82, 2.24) is 0 Å². The Labute approximate surface area is 90.6 Å². The van der Waals surface area contributed by atoms with Crippen LogP contribution < -0.4 is 9.47 Å². The third-order valence-corrected chi connectivity index (χ3v) is 2.34. The van der Waals surface area contributed by atoms with Crippen LogP contribution in [0.3, 0.4) is 0 Å². The van der Waals surface area contributed by atoms with E-state index in [1.807, 2.05) is 38.1 Å². The topological polar surface area (TPSA) is 38.7 Å². The molecule has 0 aromatic heterocycles. The SMILES string of the molecule is CCC(O)C(C)Oc1ccccc1OC. The molecule has 2 atom stereocenters. The minimum Gasteiger partial charge on any atom is -0.493 e. The van der Waals surface area contributed by atoms with Crippen LogP contribution in [-0.2, 0) is 0 Å². The largest absolute Gasteiger partial charge is 0.493 e. The Hall–Kier alpha value is -1.22. The molecular weight excluding hydrogens is 192 g/mol. The number of hydrogen-bond donors (Lipinski definition) is 1. The fourth-order valence-electron chi connectivity index (χ4n) is 1.33. The second-order valence-corrected chi connectivity index (χ2v) is 3.45. The van der Waals surface area contributed by atoms with E-state index in [2.05, 4.69) is 0 Å². The molecule has 2 unspecified atom stereocenters. The second-order valence-electron chi connectivity index (χ2n) is 3.45. The van der Waals surface area contributed by atoms with Gasteiger partial charge in [0, 0.05) is 0 Å². The molecule has 0 fully saturated rings. The Morgan fingerprint density at radius 1 is 1.27 bits per heavy atom. The lowest BCUT2D eigenvalue weighted by Gasteiger charge is -2.20. The van der Waals surface area contributed by atoms with Crippen molar-refractivity contribution in [3.8, 4) is 11.5 Å². The molecule has 0 amide bonds. The first-order valence-electron chi connectivity index (χ1n) is 5.16. The van der Waals surface area contributed by atoms with Crippen LogP contribution in [0, 0.1) is 0 Å². The number of methoxy groups -OCH3 is 1. The molecule has 0 aliphatic carbocycles. The molecule has 1 aromatic carbocycles. The lowest BCUT2D eigenvalue weighted by molar-refractivity contribution is 0.0436. The Morgan fingerprint density at radius 3 is 2.40 bits per heavy atom. The molecule has 3 heteroatoms. The summed E-state index contributed by atoms with van der Waals surface area (Å²) in [5.41, 5.74) is 0. The number of rotatable bonds is 5. The van der Waals surface area contributed by atoms with Gasteiger partial charge in [-0.05, 0) is 25.5 Å². The lowest BCUT2D eigenvalue weighted by Crippen LogP contribution is -2.27. The standard InChI is InChI=1S/C12H18O3/c1-4-10(13)9(2)15-12-8-6-5-7-11(12)14-3/h5-10,13H,4H2,1-3H3. The molecule has 3 nitrogen and oxygen atoms in total. The molecule has 0 aliphatic rings. The molecule has 0 saturated heterocycles. The number of para-hydroxylation sites is 2. The summed E-state index contributed by atoms with van der Waals surface area (Å²) in [6, 6.07) is 7.42. The summed E-state index contributed by atoms with van der Waals surface area (Å²) in [5, 5.41) is 9.59. The predicted octanol–water partition coefficient (Wildman–Crippen LogP) is 2.23. The average Bonchev–Trinajstić information content (AvgIpc) is 2.28. The van der Waals surface area contributed by atoms with Crippen molar-refractivity contribution in [3.63, 3.8) is 0 Å². The van der Waals surface area contributed by atoms with Gasteiger partial charge in [-0.1, -0.05) is 19.1 Å². The van der Waals surface area contributed by atoms with Gasteiger partial charge in [0.1, 0.15) is 6.10 Å². The van der Waals surface area contributed by atoms with Gasteiger partial charge in [0.15, 0.2) is 11.5 Å². The van der Waals surface area contributed by atoms with E-state index >= 15 is 0 Å². The maximum atomic E-state index is 9.59. The van der Waals surface area contributed by atoms with Crippen molar-refractivity contribution in [3.05, 3.63) is 24.3 Å². The highest BCUT2D eigenvalue weighted by Gasteiger charge is 2.15.